The van der Waals surface area contributed by atoms with Crippen LogP contribution in [0, 0.1) is 0 Å². The molecule has 0 saturated carbocycles. The molecule has 128 valence electrons. The Hall–Kier alpha value is -1.01. The maximum absolute atomic E-state index is 11.7. The van der Waals surface area contributed by atoms with E-state index in [0.717, 1.165) is 11.3 Å². The van der Waals surface area contributed by atoms with Crippen molar-refractivity contribution in [2.24, 2.45) is 0 Å². The van der Waals surface area contributed by atoms with Gasteiger partial charge in [0, 0.05) is 19.5 Å². The molecule has 0 aromatic heterocycles. The smallest absolute Gasteiger partial charge is 0.221 e. The molecule has 1 rings (SSSR count). The Bertz CT molecular complexity index is 431. The number of hydrogen-bond acceptors (Lipinski definition) is 4. The van der Waals surface area contributed by atoms with Crippen LogP contribution in [0.1, 0.15) is 18.0 Å². The van der Waals surface area contributed by atoms with Crippen molar-refractivity contribution in [2.75, 3.05) is 41.3 Å². The summed E-state index contributed by atoms with van der Waals surface area (Å²) in [7, 11) is 7.50. The van der Waals surface area contributed by atoms with Gasteiger partial charge in [-0.05, 0) is 38.8 Å². The molecule has 7 heteroatoms. The molecule has 5 nitrogen and oxygen atoms in total. The van der Waals surface area contributed by atoms with E-state index in [-0.39, 0.29) is 36.8 Å². The van der Waals surface area contributed by atoms with Crippen molar-refractivity contribution in [2.45, 2.75) is 12.5 Å². The molecule has 0 saturated heterocycles. The lowest BCUT2D eigenvalue weighted by atomic mass is 10.1. The van der Waals surface area contributed by atoms with Crippen LogP contribution in [0.4, 0.5) is 0 Å². The number of halogens is 2. The summed E-state index contributed by atoms with van der Waals surface area (Å²) < 4.78 is 5.25. The predicted molar refractivity (Wildman–Crippen MR) is 95.5 cm³/mol. The summed E-state index contributed by atoms with van der Waals surface area (Å²) in [6, 6.07) is 8.07. The first-order valence-corrected chi connectivity index (χ1v) is 6.80. The molecule has 0 aliphatic carbocycles. The van der Waals surface area contributed by atoms with Gasteiger partial charge in [-0.25, -0.2) is 0 Å². The number of benzene rings is 1. The third-order valence-electron chi connectivity index (χ3n) is 3.20. The maximum atomic E-state index is 11.7. The monoisotopic (exact) mass is 351 g/mol. The van der Waals surface area contributed by atoms with Gasteiger partial charge in [0.25, 0.3) is 0 Å². The normalized spacial score (nSPS) is 11.1. The average Bonchev–Trinajstić information content (AvgIpc) is 2.45. The average molecular weight is 352 g/mol. The molecule has 1 aromatic carbocycles. The quantitative estimate of drug-likeness (QED) is 0.750. The third kappa shape index (κ3) is 7.84. The number of amides is 1. The highest BCUT2D eigenvalue weighted by Gasteiger charge is 2.15. The van der Waals surface area contributed by atoms with Gasteiger partial charge in [-0.1, -0.05) is 12.1 Å². The fraction of sp³-hybridized carbons (Fsp3) is 0.533. The fourth-order valence-electron chi connectivity index (χ4n) is 1.98. The Morgan fingerprint density at radius 1 is 1.32 bits per heavy atom. The first-order valence-electron chi connectivity index (χ1n) is 6.80. The Labute approximate surface area is 145 Å². The van der Waals surface area contributed by atoms with Gasteiger partial charge in [-0.3, -0.25) is 4.79 Å². The van der Waals surface area contributed by atoms with E-state index in [2.05, 4.69) is 15.5 Å². The minimum atomic E-state index is 0. The van der Waals surface area contributed by atoms with Crippen LogP contribution in [-0.4, -0.2) is 52.1 Å². The molecular weight excluding hydrogens is 325 g/mol. The first kappa shape index (κ1) is 23.3. The molecule has 1 amide bonds. The lowest BCUT2D eigenvalue weighted by Gasteiger charge is -2.25. The zero-order chi connectivity index (χ0) is 15.0. The second kappa shape index (κ2) is 12.5. The van der Waals surface area contributed by atoms with Crippen molar-refractivity contribution < 1.29 is 9.53 Å². The standard InChI is InChI=1S/C15H25N3O2.2ClH/c1-16-9-8-15(19)17-11-14(18(2)3)12-6-5-7-13(10-12)20-4;;/h5-7,10,14,16H,8-9,11H2,1-4H3,(H,17,19);2*1H. The molecule has 0 spiro atoms. The van der Waals surface area contributed by atoms with Gasteiger partial charge in [0.1, 0.15) is 5.75 Å². The second-order valence-electron chi connectivity index (χ2n) is 4.91. The Morgan fingerprint density at radius 3 is 2.55 bits per heavy atom. The van der Waals surface area contributed by atoms with Crippen molar-refractivity contribution in [1.29, 1.82) is 0 Å². The molecule has 1 aromatic rings. The number of carbonyl (C=O) groups is 1. The van der Waals surface area contributed by atoms with Gasteiger partial charge in [0.15, 0.2) is 0 Å². The molecule has 0 radical (unpaired) electrons. The maximum Gasteiger partial charge on any atom is 0.221 e. The largest absolute Gasteiger partial charge is 0.497 e. The summed E-state index contributed by atoms with van der Waals surface area (Å²) in [5, 5.41) is 5.94. The van der Waals surface area contributed by atoms with Gasteiger partial charge in [-0.2, -0.15) is 0 Å². The molecule has 0 heterocycles. The highest BCUT2D eigenvalue weighted by Crippen LogP contribution is 2.21. The molecule has 0 fully saturated rings. The number of nitrogens with zero attached hydrogens (tertiary/aromatic N) is 1. The van der Waals surface area contributed by atoms with Crippen LogP contribution < -0.4 is 15.4 Å². The van der Waals surface area contributed by atoms with E-state index in [9.17, 15) is 4.79 Å². The predicted octanol–water partition coefficient (Wildman–Crippen LogP) is 1.87. The number of methoxy groups -OCH3 is 1. The number of rotatable bonds is 8. The number of carbonyl (C=O) groups excluding carboxylic acids is 1. The summed E-state index contributed by atoms with van der Waals surface area (Å²) in [5.41, 5.74) is 1.13. The summed E-state index contributed by atoms with van der Waals surface area (Å²) >= 11 is 0. The van der Waals surface area contributed by atoms with Gasteiger partial charge in [0.2, 0.25) is 5.91 Å². The third-order valence-corrected chi connectivity index (χ3v) is 3.20. The van der Waals surface area contributed by atoms with E-state index in [0.29, 0.717) is 19.5 Å². The van der Waals surface area contributed by atoms with E-state index < -0.39 is 0 Å². The number of ether oxygens (including phenoxy) is 1. The second-order valence-corrected chi connectivity index (χ2v) is 4.91. The summed E-state index contributed by atoms with van der Waals surface area (Å²) in [4.78, 5) is 13.8. The van der Waals surface area contributed by atoms with Gasteiger partial charge >= 0.3 is 0 Å². The molecule has 22 heavy (non-hydrogen) atoms. The fourth-order valence-corrected chi connectivity index (χ4v) is 1.98. The zero-order valence-corrected chi connectivity index (χ0v) is 15.2. The molecule has 0 bridgehead atoms. The van der Waals surface area contributed by atoms with E-state index in [4.69, 9.17) is 4.74 Å². The molecule has 1 atom stereocenters. The highest BCUT2D eigenvalue weighted by atomic mass is 35.5. The van der Waals surface area contributed by atoms with Crippen molar-refractivity contribution >= 4 is 30.7 Å². The molecule has 2 N–H and O–H groups in total. The van der Waals surface area contributed by atoms with E-state index in [1.807, 2.05) is 45.4 Å². The SMILES string of the molecule is CNCCC(=O)NCC(c1cccc(OC)c1)N(C)C.Cl.Cl. The van der Waals surface area contributed by atoms with Gasteiger partial charge in [-0.15, -0.1) is 24.8 Å². The number of likely N-dealkylation sites (N-methyl/N-ethyl adjacent to an activating group) is 1. The van der Waals surface area contributed by atoms with Crippen molar-refractivity contribution in [1.82, 2.24) is 15.5 Å². The molecular formula is C15H27Cl2N3O2. The Balaban J connectivity index is 0. The van der Waals surface area contributed by atoms with Crippen LogP contribution >= 0.6 is 24.8 Å². The topological polar surface area (TPSA) is 53.6 Å². The van der Waals surface area contributed by atoms with Crippen LogP contribution in [0.3, 0.4) is 0 Å². The van der Waals surface area contributed by atoms with Crippen molar-refractivity contribution in [3.8, 4) is 5.75 Å². The van der Waals surface area contributed by atoms with E-state index in [1.54, 1.807) is 7.11 Å². The molecule has 0 aliphatic heterocycles. The number of nitrogens with one attached hydrogen (secondary N) is 2. The minimum absolute atomic E-state index is 0. The van der Waals surface area contributed by atoms with Gasteiger partial charge in [0.05, 0.1) is 13.2 Å². The molecule has 0 aliphatic rings. The lowest BCUT2D eigenvalue weighted by molar-refractivity contribution is -0.121. The van der Waals surface area contributed by atoms with Crippen LogP contribution in [-0.2, 0) is 4.79 Å². The van der Waals surface area contributed by atoms with E-state index >= 15 is 0 Å². The Morgan fingerprint density at radius 2 is 2.00 bits per heavy atom. The highest BCUT2D eigenvalue weighted by molar-refractivity contribution is 5.85. The van der Waals surface area contributed by atoms with Crippen molar-refractivity contribution in [3.63, 3.8) is 0 Å². The summed E-state index contributed by atoms with van der Waals surface area (Å²) in [6.45, 7) is 1.28. The number of hydrogen-bond donors (Lipinski definition) is 2. The molecule has 1 unspecified atom stereocenters. The van der Waals surface area contributed by atoms with Gasteiger partial charge < -0.3 is 20.3 Å². The van der Waals surface area contributed by atoms with Crippen molar-refractivity contribution in [3.05, 3.63) is 29.8 Å². The van der Waals surface area contributed by atoms with Crippen LogP contribution in [0.5, 0.6) is 5.75 Å². The van der Waals surface area contributed by atoms with Crippen LogP contribution in [0.2, 0.25) is 0 Å². The lowest BCUT2D eigenvalue weighted by Crippen LogP contribution is -2.35. The van der Waals surface area contributed by atoms with Crippen LogP contribution in [0.15, 0.2) is 24.3 Å². The first-order chi connectivity index (χ1) is 9.58. The summed E-state index contributed by atoms with van der Waals surface area (Å²) in [5.74, 6) is 0.893. The Kier molecular flexibility index (Phi) is 13.2. The zero-order valence-electron chi connectivity index (χ0n) is 13.6. The summed E-state index contributed by atoms with van der Waals surface area (Å²) in [6.07, 6.45) is 0.495. The van der Waals surface area contributed by atoms with E-state index in [1.165, 1.54) is 0 Å². The minimum Gasteiger partial charge on any atom is -0.497 e. The van der Waals surface area contributed by atoms with Crippen LogP contribution in [0.25, 0.3) is 0 Å².